The molecule has 0 saturated heterocycles. The highest BCUT2D eigenvalue weighted by molar-refractivity contribution is 6.31. The molecule has 1 amide bonds. The zero-order valence-corrected chi connectivity index (χ0v) is 8.69. The number of hydrogen-bond donors (Lipinski definition) is 1. The Kier molecular flexibility index (Phi) is 3.80. The van der Waals surface area contributed by atoms with E-state index in [1.54, 1.807) is 6.07 Å². The fourth-order valence-corrected chi connectivity index (χ4v) is 1.23. The maximum Gasteiger partial charge on any atom is 0.283 e. The summed E-state index contributed by atoms with van der Waals surface area (Å²) in [5, 5.41) is 21.3. The number of carbonyl (C=O) groups is 1. The van der Waals surface area contributed by atoms with Gasteiger partial charge in [0.05, 0.1) is 11.0 Å². The van der Waals surface area contributed by atoms with Crippen LogP contribution in [0.3, 0.4) is 0 Å². The topological polar surface area (TPSA) is 96.0 Å². The lowest BCUT2D eigenvalue weighted by molar-refractivity contribution is -0.385. The zero-order valence-electron chi connectivity index (χ0n) is 7.94. The number of nitro groups is 1. The largest absolute Gasteiger partial charge is 0.339 e. The molecule has 0 aliphatic rings. The molecule has 0 bridgehead atoms. The summed E-state index contributed by atoms with van der Waals surface area (Å²) < 4.78 is 0. The maximum atomic E-state index is 11.4. The van der Waals surface area contributed by atoms with Crippen LogP contribution in [0.2, 0.25) is 5.02 Å². The highest BCUT2D eigenvalue weighted by Crippen LogP contribution is 2.22. The molecule has 1 N–H and O–H groups in total. The fourth-order valence-electron chi connectivity index (χ4n) is 1.06. The molecule has 1 aromatic carbocycles. The third-order valence-corrected chi connectivity index (χ3v) is 1.96. The molecule has 0 spiro atoms. The number of amides is 1. The van der Waals surface area contributed by atoms with E-state index in [-0.39, 0.29) is 22.8 Å². The van der Waals surface area contributed by atoms with Crippen LogP contribution >= 0.6 is 11.6 Å². The summed E-state index contributed by atoms with van der Waals surface area (Å²) in [5.41, 5.74) is -0.507. The van der Waals surface area contributed by atoms with Crippen molar-refractivity contribution in [3.8, 4) is 6.07 Å². The monoisotopic (exact) mass is 239 g/mol. The third-order valence-electron chi connectivity index (χ3n) is 1.73. The molecular weight excluding hydrogens is 234 g/mol. The van der Waals surface area contributed by atoms with Crippen molar-refractivity contribution in [2.75, 3.05) is 6.54 Å². The molecule has 0 atom stereocenters. The van der Waals surface area contributed by atoms with E-state index in [1.165, 1.54) is 12.1 Å². The highest BCUT2D eigenvalue weighted by Gasteiger charge is 2.19. The van der Waals surface area contributed by atoms with E-state index in [2.05, 4.69) is 5.32 Å². The summed E-state index contributed by atoms with van der Waals surface area (Å²) in [4.78, 5) is 21.4. The predicted molar refractivity (Wildman–Crippen MR) is 56.1 cm³/mol. The summed E-state index contributed by atoms with van der Waals surface area (Å²) in [6.07, 6.45) is 0. The normalized spacial score (nSPS) is 9.25. The van der Waals surface area contributed by atoms with Crippen molar-refractivity contribution in [3.05, 3.63) is 38.9 Å². The average molecular weight is 240 g/mol. The van der Waals surface area contributed by atoms with Crippen LogP contribution in [-0.2, 0) is 0 Å². The molecule has 0 aliphatic heterocycles. The summed E-state index contributed by atoms with van der Waals surface area (Å²) in [5.74, 6) is -0.676. The first-order chi connectivity index (χ1) is 7.56. The van der Waals surface area contributed by atoms with Gasteiger partial charge >= 0.3 is 0 Å². The van der Waals surface area contributed by atoms with Gasteiger partial charge in [-0.3, -0.25) is 14.9 Å². The van der Waals surface area contributed by atoms with E-state index < -0.39 is 10.8 Å². The molecule has 82 valence electrons. The lowest BCUT2D eigenvalue weighted by Crippen LogP contribution is -2.24. The lowest BCUT2D eigenvalue weighted by Gasteiger charge is -2.02. The van der Waals surface area contributed by atoms with Gasteiger partial charge < -0.3 is 5.32 Å². The van der Waals surface area contributed by atoms with E-state index in [4.69, 9.17) is 16.9 Å². The van der Waals surface area contributed by atoms with Gasteiger partial charge in [0, 0.05) is 11.1 Å². The van der Waals surface area contributed by atoms with Crippen LogP contribution in [0.5, 0.6) is 0 Å². The van der Waals surface area contributed by atoms with E-state index in [1.807, 2.05) is 0 Å². The van der Waals surface area contributed by atoms with Crippen molar-refractivity contribution in [2.45, 2.75) is 0 Å². The third kappa shape index (κ3) is 2.68. The predicted octanol–water partition coefficient (Wildman–Crippen LogP) is 1.50. The Morgan fingerprint density at radius 3 is 2.88 bits per heavy atom. The second kappa shape index (κ2) is 5.09. The molecule has 0 aromatic heterocycles. The van der Waals surface area contributed by atoms with Gasteiger partial charge in [-0.05, 0) is 12.1 Å². The molecule has 1 aromatic rings. The molecule has 16 heavy (non-hydrogen) atoms. The number of halogens is 1. The average Bonchev–Trinajstić information content (AvgIpc) is 2.25. The van der Waals surface area contributed by atoms with Crippen molar-refractivity contribution in [1.29, 1.82) is 5.26 Å². The second-order valence-corrected chi connectivity index (χ2v) is 3.20. The van der Waals surface area contributed by atoms with Gasteiger partial charge in [0.25, 0.3) is 11.6 Å². The Morgan fingerprint density at radius 1 is 1.62 bits per heavy atom. The van der Waals surface area contributed by atoms with Crippen LogP contribution < -0.4 is 5.32 Å². The minimum Gasteiger partial charge on any atom is -0.339 e. The van der Waals surface area contributed by atoms with Crippen molar-refractivity contribution in [1.82, 2.24) is 5.32 Å². The van der Waals surface area contributed by atoms with Crippen molar-refractivity contribution >= 4 is 23.2 Å². The van der Waals surface area contributed by atoms with Crippen LogP contribution in [0.1, 0.15) is 10.4 Å². The van der Waals surface area contributed by atoms with Crippen LogP contribution in [0.4, 0.5) is 5.69 Å². The van der Waals surface area contributed by atoms with Crippen LogP contribution in [0, 0.1) is 21.4 Å². The van der Waals surface area contributed by atoms with Gasteiger partial charge in [-0.2, -0.15) is 5.26 Å². The van der Waals surface area contributed by atoms with Gasteiger partial charge in [-0.15, -0.1) is 0 Å². The molecular formula is C9H6ClN3O3. The first-order valence-corrected chi connectivity index (χ1v) is 4.53. The fraction of sp³-hybridized carbons (Fsp3) is 0.111. The molecule has 0 fully saturated rings. The van der Waals surface area contributed by atoms with E-state index in [9.17, 15) is 14.9 Å². The number of rotatable bonds is 3. The van der Waals surface area contributed by atoms with Crippen molar-refractivity contribution in [3.63, 3.8) is 0 Å². The molecule has 1 rings (SSSR count). The van der Waals surface area contributed by atoms with Crippen LogP contribution in [0.15, 0.2) is 18.2 Å². The standard InChI is InChI=1S/C9H6ClN3O3/c10-6-1-2-7(8(5-6)13(15)16)9(14)12-4-3-11/h1-2,5H,4H2,(H,12,14). The quantitative estimate of drug-likeness (QED) is 0.491. The molecule has 0 unspecified atom stereocenters. The number of nitriles is 1. The Bertz CT molecular complexity index is 481. The van der Waals surface area contributed by atoms with E-state index >= 15 is 0 Å². The first kappa shape index (κ1) is 11.9. The zero-order chi connectivity index (χ0) is 12.1. The van der Waals surface area contributed by atoms with Crippen molar-refractivity contribution in [2.24, 2.45) is 0 Å². The van der Waals surface area contributed by atoms with Gasteiger partial charge in [-0.1, -0.05) is 11.6 Å². The second-order valence-electron chi connectivity index (χ2n) is 2.76. The first-order valence-electron chi connectivity index (χ1n) is 4.15. The molecule has 6 nitrogen and oxygen atoms in total. The summed E-state index contributed by atoms with van der Waals surface area (Å²) in [6.45, 7) is -0.210. The number of nitro benzene ring substituents is 1. The lowest BCUT2D eigenvalue weighted by atomic mass is 10.1. The Labute approximate surface area is 95.6 Å². The van der Waals surface area contributed by atoms with E-state index in [0.717, 1.165) is 6.07 Å². The number of benzene rings is 1. The highest BCUT2D eigenvalue weighted by atomic mass is 35.5. The minimum atomic E-state index is -0.701. The maximum absolute atomic E-state index is 11.4. The van der Waals surface area contributed by atoms with Crippen LogP contribution in [0.25, 0.3) is 0 Å². The minimum absolute atomic E-state index is 0.121. The Balaban J connectivity index is 3.08. The summed E-state index contributed by atoms with van der Waals surface area (Å²) >= 11 is 5.58. The SMILES string of the molecule is N#CCNC(=O)c1ccc(Cl)cc1[N+](=O)[O-]. The van der Waals surface area contributed by atoms with Gasteiger partial charge in [-0.25, -0.2) is 0 Å². The Hall–Kier alpha value is -2.13. The molecule has 0 saturated carbocycles. The molecule has 0 heterocycles. The number of nitrogens with zero attached hydrogens (tertiary/aromatic N) is 2. The summed E-state index contributed by atoms with van der Waals surface area (Å²) in [6, 6.07) is 5.40. The summed E-state index contributed by atoms with van der Waals surface area (Å²) in [7, 11) is 0. The number of nitrogens with one attached hydrogen (secondary N) is 1. The molecule has 7 heteroatoms. The molecule has 0 aliphatic carbocycles. The number of carbonyl (C=O) groups excluding carboxylic acids is 1. The van der Waals surface area contributed by atoms with Gasteiger partial charge in [0.15, 0.2) is 0 Å². The van der Waals surface area contributed by atoms with Gasteiger partial charge in [0.1, 0.15) is 12.1 Å². The van der Waals surface area contributed by atoms with Gasteiger partial charge in [0.2, 0.25) is 0 Å². The Morgan fingerprint density at radius 2 is 2.31 bits per heavy atom. The molecule has 0 radical (unpaired) electrons. The smallest absolute Gasteiger partial charge is 0.283 e. The van der Waals surface area contributed by atoms with Crippen LogP contribution in [-0.4, -0.2) is 17.4 Å². The van der Waals surface area contributed by atoms with Crippen molar-refractivity contribution < 1.29 is 9.72 Å². The van der Waals surface area contributed by atoms with E-state index in [0.29, 0.717) is 0 Å². The number of hydrogen-bond acceptors (Lipinski definition) is 4.